The second-order valence-electron chi connectivity index (χ2n) is 5.57. The molecular weight excluding hydrogens is 271 g/mol. The predicted octanol–water partition coefficient (Wildman–Crippen LogP) is 3.41. The van der Waals surface area contributed by atoms with Gasteiger partial charge in [-0.15, -0.1) is 0 Å². The van der Waals surface area contributed by atoms with Crippen molar-refractivity contribution in [2.45, 2.75) is 26.7 Å². The number of nitrogens with one attached hydrogen (secondary N) is 1. The minimum Gasteiger partial charge on any atom is -0.381 e. The summed E-state index contributed by atoms with van der Waals surface area (Å²) in [6.45, 7) is 6.61. The molecule has 1 aliphatic heterocycles. The number of halogens is 1. The van der Waals surface area contributed by atoms with E-state index in [4.69, 9.17) is 4.74 Å². The number of aryl methyl sites for hydroxylation is 1. The SMILES string of the molecule is CCCN(CC1CCOC1)C(=O)Nc1ccc(C)c(F)c1. The van der Waals surface area contributed by atoms with Crippen molar-refractivity contribution in [3.8, 4) is 0 Å². The highest BCUT2D eigenvalue weighted by molar-refractivity contribution is 5.89. The van der Waals surface area contributed by atoms with Gasteiger partial charge in [0.15, 0.2) is 0 Å². The lowest BCUT2D eigenvalue weighted by Gasteiger charge is -2.25. The number of anilines is 1. The van der Waals surface area contributed by atoms with E-state index in [1.807, 2.05) is 6.92 Å². The molecule has 1 heterocycles. The Morgan fingerprint density at radius 3 is 2.95 bits per heavy atom. The van der Waals surface area contributed by atoms with Gasteiger partial charge in [0.25, 0.3) is 0 Å². The number of urea groups is 1. The molecule has 0 spiro atoms. The summed E-state index contributed by atoms with van der Waals surface area (Å²) < 4.78 is 18.9. The molecule has 0 bridgehead atoms. The molecule has 2 rings (SSSR count). The fraction of sp³-hybridized carbons (Fsp3) is 0.562. The number of benzene rings is 1. The zero-order chi connectivity index (χ0) is 15.2. The Morgan fingerprint density at radius 1 is 1.52 bits per heavy atom. The van der Waals surface area contributed by atoms with Crippen molar-refractivity contribution in [2.24, 2.45) is 5.92 Å². The molecule has 1 saturated heterocycles. The van der Waals surface area contributed by atoms with Crippen LogP contribution in [0.4, 0.5) is 14.9 Å². The highest BCUT2D eigenvalue weighted by atomic mass is 19.1. The van der Waals surface area contributed by atoms with E-state index in [9.17, 15) is 9.18 Å². The molecule has 21 heavy (non-hydrogen) atoms. The molecule has 1 aromatic carbocycles. The van der Waals surface area contributed by atoms with Crippen LogP contribution in [0.1, 0.15) is 25.3 Å². The Bertz CT molecular complexity index is 487. The van der Waals surface area contributed by atoms with Crippen LogP contribution < -0.4 is 5.32 Å². The third kappa shape index (κ3) is 4.43. The van der Waals surface area contributed by atoms with E-state index in [0.29, 0.717) is 36.9 Å². The van der Waals surface area contributed by atoms with E-state index in [0.717, 1.165) is 19.4 Å². The van der Waals surface area contributed by atoms with Crippen LogP contribution in [0.25, 0.3) is 0 Å². The standard InChI is InChI=1S/C16H23FN2O2/c1-3-7-19(10-13-6-8-21-11-13)16(20)18-14-5-4-12(2)15(17)9-14/h4-5,9,13H,3,6-8,10-11H2,1-2H3,(H,18,20). The number of hydrogen-bond donors (Lipinski definition) is 1. The molecule has 1 aromatic rings. The van der Waals surface area contributed by atoms with Crippen LogP contribution in [0.15, 0.2) is 18.2 Å². The fourth-order valence-corrected chi connectivity index (χ4v) is 2.46. The van der Waals surface area contributed by atoms with E-state index in [2.05, 4.69) is 5.32 Å². The van der Waals surface area contributed by atoms with Gasteiger partial charge in [0.2, 0.25) is 0 Å². The Labute approximate surface area is 125 Å². The molecule has 1 unspecified atom stereocenters. The van der Waals surface area contributed by atoms with Gasteiger partial charge in [-0.1, -0.05) is 13.0 Å². The number of amides is 2. The molecule has 1 fully saturated rings. The van der Waals surface area contributed by atoms with Gasteiger partial charge in [-0.3, -0.25) is 0 Å². The van der Waals surface area contributed by atoms with Crippen molar-refractivity contribution in [2.75, 3.05) is 31.6 Å². The molecule has 0 radical (unpaired) electrons. The first-order valence-electron chi connectivity index (χ1n) is 7.50. The maximum absolute atomic E-state index is 13.5. The van der Waals surface area contributed by atoms with E-state index >= 15 is 0 Å². The molecule has 4 nitrogen and oxygen atoms in total. The highest BCUT2D eigenvalue weighted by Crippen LogP contribution is 2.17. The summed E-state index contributed by atoms with van der Waals surface area (Å²) in [6.07, 6.45) is 1.88. The summed E-state index contributed by atoms with van der Waals surface area (Å²) in [7, 11) is 0. The monoisotopic (exact) mass is 294 g/mol. The molecule has 5 heteroatoms. The lowest BCUT2D eigenvalue weighted by Crippen LogP contribution is -2.39. The van der Waals surface area contributed by atoms with Crippen molar-refractivity contribution >= 4 is 11.7 Å². The van der Waals surface area contributed by atoms with Crippen LogP contribution in [0.2, 0.25) is 0 Å². The number of carbonyl (C=O) groups is 1. The zero-order valence-electron chi connectivity index (χ0n) is 12.7. The van der Waals surface area contributed by atoms with E-state index in [1.165, 1.54) is 6.07 Å². The molecule has 116 valence electrons. The topological polar surface area (TPSA) is 41.6 Å². The molecule has 0 aromatic heterocycles. The minimum absolute atomic E-state index is 0.174. The summed E-state index contributed by atoms with van der Waals surface area (Å²) >= 11 is 0. The summed E-state index contributed by atoms with van der Waals surface area (Å²) in [5.41, 5.74) is 1.06. The number of ether oxygens (including phenoxy) is 1. The summed E-state index contributed by atoms with van der Waals surface area (Å²) in [6, 6.07) is 4.57. The molecule has 0 aliphatic carbocycles. The minimum atomic E-state index is -0.306. The smallest absolute Gasteiger partial charge is 0.321 e. The highest BCUT2D eigenvalue weighted by Gasteiger charge is 2.22. The van der Waals surface area contributed by atoms with Gasteiger partial charge in [0, 0.05) is 31.3 Å². The number of rotatable bonds is 5. The maximum Gasteiger partial charge on any atom is 0.321 e. The molecule has 1 aliphatic rings. The summed E-state index contributed by atoms with van der Waals surface area (Å²) in [5, 5.41) is 2.78. The number of nitrogens with zero attached hydrogens (tertiary/aromatic N) is 1. The van der Waals surface area contributed by atoms with Crippen LogP contribution in [-0.2, 0) is 4.74 Å². The molecule has 0 saturated carbocycles. The average molecular weight is 294 g/mol. The van der Waals surface area contributed by atoms with Crippen LogP contribution in [0.5, 0.6) is 0 Å². The summed E-state index contributed by atoms with van der Waals surface area (Å²) in [4.78, 5) is 14.1. The van der Waals surface area contributed by atoms with Crippen molar-refractivity contribution in [3.05, 3.63) is 29.6 Å². The van der Waals surface area contributed by atoms with Gasteiger partial charge in [0.1, 0.15) is 5.82 Å². The normalized spacial score (nSPS) is 17.8. The first kappa shape index (κ1) is 15.8. The maximum atomic E-state index is 13.5. The average Bonchev–Trinajstić information content (AvgIpc) is 2.95. The largest absolute Gasteiger partial charge is 0.381 e. The first-order chi connectivity index (χ1) is 10.1. The zero-order valence-corrected chi connectivity index (χ0v) is 12.7. The Morgan fingerprint density at radius 2 is 2.33 bits per heavy atom. The van der Waals surface area contributed by atoms with Crippen LogP contribution in [0, 0.1) is 18.7 Å². The van der Waals surface area contributed by atoms with Gasteiger partial charge >= 0.3 is 6.03 Å². The van der Waals surface area contributed by atoms with Gasteiger partial charge in [0.05, 0.1) is 6.61 Å². The van der Waals surface area contributed by atoms with Crippen LogP contribution in [0.3, 0.4) is 0 Å². The van der Waals surface area contributed by atoms with Crippen molar-refractivity contribution in [3.63, 3.8) is 0 Å². The predicted molar refractivity (Wildman–Crippen MR) is 80.9 cm³/mol. The Balaban J connectivity index is 1.98. The fourth-order valence-electron chi connectivity index (χ4n) is 2.46. The van der Waals surface area contributed by atoms with Gasteiger partial charge in [-0.25, -0.2) is 9.18 Å². The van der Waals surface area contributed by atoms with Gasteiger partial charge < -0.3 is 15.0 Å². The molecule has 2 amide bonds. The van der Waals surface area contributed by atoms with E-state index < -0.39 is 0 Å². The Kier molecular flexibility index (Phi) is 5.56. The quantitative estimate of drug-likeness (QED) is 0.904. The van der Waals surface area contributed by atoms with Crippen LogP contribution >= 0.6 is 0 Å². The van der Waals surface area contributed by atoms with Crippen molar-refractivity contribution in [1.29, 1.82) is 0 Å². The second kappa shape index (κ2) is 7.41. The Hall–Kier alpha value is -1.62. The number of hydrogen-bond acceptors (Lipinski definition) is 2. The first-order valence-corrected chi connectivity index (χ1v) is 7.50. The van der Waals surface area contributed by atoms with E-state index in [-0.39, 0.29) is 11.8 Å². The molecule has 1 atom stereocenters. The molecular formula is C16H23FN2O2. The van der Waals surface area contributed by atoms with Crippen LogP contribution in [-0.4, -0.2) is 37.2 Å². The summed E-state index contributed by atoms with van der Waals surface area (Å²) in [5.74, 6) is 0.0936. The van der Waals surface area contributed by atoms with Crippen molar-refractivity contribution in [1.82, 2.24) is 4.90 Å². The van der Waals surface area contributed by atoms with Gasteiger partial charge in [-0.05, 0) is 37.5 Å². The lowest BCUT2D eigenvalue weighted by molar-refractivity contribution is 0.169. The van der Waals surface area contributed by atoms with E-state index in [1.54, 1.807) is 24.0 Å². The van der Waals surface area contributed by atoms with Gasteiger partial charge in [-0.2, -0.15) is 0 Å². The second-order valence-corrected chi connectivity index (χ2v) is 5.57. The third-order valence-corrected chi connectivity index (χ3v) is 3.71. The van der Waals surface area contributed by atoms with Crippen molar-refractivity contribution < 1.29 is 13.9 Å². The third-order valence-electron chi connectivity index (χ3n) is 3.71. The lowest BCUT2D eigenvalue weighted by atomic mass is 10.1. The molecule has 1 N–H and O–H groups in total. The number of carbonyl (C=O) groups excluding carboxylic acids is 1.